The summed E-state index contributed by atoms with van der Waals surface area (Å²) < 4.78 is 3.66. The van der Waals surface area contributed by atoms with E-state index < -0.39 is 0 Å². The number of rotatable bonds is 5. The summed E-state index contributed by atoms with van der Waals surface area (Å²) in [5.74, 6) is 0.946. The second-order valence-corrected chi connectivity index (χ2v) is 8.46. The molecular weight excluding hydrogens is 412 g/mol. The zero-order valence-corrected chi connectivity index (χ0v) is 18.1. The van der Waals surface area contributed by atoms with E-state index in [9.17, 15) is 4.79 Å². The number of nitrogens with one attached hydrogen (secondary N) is 1. The molecule has 0 aliphatic carbocycles. The summed E-state index contributed by atoms with van der Waals surface area (Å²) in [6.07, 6.45) is 6.28. The standard InChI is InChI=1S/C26H24N6O/c33-26-31(21-10-8-20(9-11-21)19-5-2-1-3-6-19)23-7-4-13-29-25(23)32(26)22-12-16-30(17-22)18-24-27-14-15-28-24/h1-11,13-15,22H,12,16-18H2,(H,27,28)/t22-/m0/s1. The summed E-state index contributed by atoms with van der Waals surface area (Å²) in [5.41, 5.74) is 4.66. The molecule has 33 heavy (non-hydrogen) atoms. The van der Waals surface area contributed by atoms with Crippen LogP contribution in [0.2, 0.25) is 0 Å². The van der Waals surface area contributed by atoms with Gasteiger partial charge in [-0.3, -0.25) is 14.0 Å². The smallest absolute Gasteiger partial charge is 0.335 e. The molecule has 164 valence electrons. The lowest BCUT2D eigenvalue weighted by molar-refractivity contribution is 0.309. The van der Waals surface area contributed by atoms with Crippen LogP contribution in [-0.2, 0) is 6.54 Å². The molecular formula is C26H24N6O. The minimum atomic E-state index is -0.0407. The molecule has 0 amide bonds. The maximum Gasteiger partial charge on any atom is 0.335 e. The third kappa shape index (κ3) is 3.56. The predicted molar refractivity (Wildman–Crippen MR) is 128 cm³/mol. The van der Waals surface area contributed by atoms with E-state index in [2.05, 4.69) is 44.1 Å². The second kappa shape index (κ2) is 8.18. The Morgan fingerprint density at radius 2 is 1.73 bits per heavy atom. The van der Waals surface area contributed by atoms with Gasteiger partial charge < -0.3 is 4.98 Å². The molecule has 1 aliphatic heterocycles. The van der Waals surface area contributed by atoms with Crippen molar-refractivity contribution in [2.75, 3.05) is 13.1 Å². The van der Waals surface area contributed by atoms with E-state index >= 15 is 0 Å². The molecule has 1 fully saturated rings. The normalized spacial score (nSPS) is 16.5. The van der Waals surface area contributed by atoms with Gasteiger partial charge in [0.25, 0.3) is 0 Å². The van der Waals surface area contributed by atoms with Crippen LogP contribution < -0.4 is 5.69 Å². The largest absolute Gasteiger partial charge is 0.348 e. The fourth-order valence-electron chi connectivity index (χ4n) is 4.83. The van der Waals surface area contributed by atoms with E-state index in [0.717, 1.165) is 59.9 Å². The van der Waals surface area contributed by atoms with E-state index in [1.54, 1.807) is 17.0 Å². The molecule has 0 spiro atoms. The Kier molecular flexibility index (Phi) is 4.88. The predicted octanol–water partition coefficient (Wildman–Crippen LogP) is 4.02. The Morgan fingerprint density at radius 3 is 2.52 bits per heavy atom. The number of nitrogens with zero attached hydrogens (tertiary/aromatic N) is 5. The molecule has 0 bridgehead atoms. The van der Waals surface area contributed by atoms with Gasteiger partial charge in [-0.1, -0.05) is 42.5 Å². The Bertz CT molecular complexity index is 1430. The van der Waals surface area contributed by atoms with Crippen LogP contribution >= 0.6 is 0 Å². The van der Waals surface area contributed by atoms with Gasteiger partial charge in [-0.05, 0) is 41.8 Å². The van der Waals surface area contributed by atoms with Crippen molar-refractivity contribution in [3.63, 3.8) is 0 Å². The van der Waals surface area contributed by atoms with Crippen LogP contribution in [0, 0.1) is 0 Å². The molecule has 7 heteroatoms. The molecule has 1 saturated heterocycles. The number of likely N-dealkylation sites (tertiary alicyclic amines) is 1. The number of fused-ring (bicyclic) bond motifs is 1. The monoisotopic (exact) mass is 436 g/mol. The number of aromatic amines is 1. The van der Waals surface area contributed by atoms with Gasteiger partial charge in [0.05, 0.1) is 23.8 Å². The van der Waals surface area contributed by atoms with Crippen LogP contribution in [0.25, 0.3) is 28.0 Å². The van der Waals surface area contributed by atoms with Gasteiger partial charge >= 0.3 is 5.69 Å². The minimum Gasteiger partial charge on any atom is -0.348 e. The molecule has 0 unspecified atom stereocenters. The van der Waals surface area contributed by atoms with Crippen LogP contribution in [0.5, 0.6) is 0 Å². The van der Waals surface area contributed by atoms with Crippen molar-refractivity contribution in [2.24, 2.45) is 0 Å². The van der Waals surface area contributed by atoms with Gasteiger partial charge in [-0.25, -0.2) is 14.8 Å². The van der Waals surface area contributed by atoms with Crippen molar-refractivity contribution >= 4 is 11.2 Å². The third-order valence-electron chi connectivity index (χ3n) is 6.41. The Balaban J connectivity index is 1.36. The van der Waals surface area contributed by atoms with Gasteiger partial charge in [0, 0.05) is 31.7 Å². The summed E-state index contributed by atoms with van der Waals surface area (Å²) in [4.78, 5) is 28.1. The molecule has 4 heterocycles. The van der Waals surface area contributed by atoms with Gasteiger partial charge in [-0.2, -0.15) is 0 Å². The molecule has 3 aromatic heterocycles. The highest BCUT2D eigenvalue weighted by atomic mass is 16.2. The lowest BCUT2D eigenvalue weighted by Crippen LogP contribution is -2.29. The SMILES string of the molecule is O=c1n(-c2ccc(-c3ccccc3)cc2)c2cccnc2n1[C@H]1CCN(Cc2ncc[nH]2)C1. The van der Waals surface area contributed by atoms with E-state index in [1.165, 1.54) is 0 Å². The van der Waals surface area contributed by atoms with E-state index in [1.807, 2.05) is 53.2 Å². The molecule has 1 atom stereocenters. The van der Waals surface area contributed by atoms with Crippen molar-refractivity contribution in [3.8, 4) is 16.8 Å². The minimum absolute atomic E-state index is 0.0407. The summed E-state index contributed by atoms with van der Waals surface area (Å²) in [6, 6.07) is 22.4. The Labute approximate surface area is 191 Å². The summed E-state index contributed by atoms with van der Waals surface area (Å²) >= 11 is 0. The van der Waals surface area contributed by atoms with Crippen molar-refractivity contribution in [1.82, 2.24) is 29.0 Å². The average Bonchev–Trinajstić information content (AvgIpc) is 3.59. The van der Waals surface area contributed by atoms with Gasteiger partial charge in [-0.15, -0.1) is 0 Å². The van der Waals surface area contributed by atoms with Gasteiger partial charge in [0.2, 0.25) is 0 Å². The zero-order valence-electron chi connectivity index (χ0n) is 18.1. The first-order valence-electron chi connectivity index (χ1n) is 11.2. The maximum absolute atomic E-state index is 13.7. The molecule has 6 rings (SSSR count). The highest BCUT2D eigenvalue weighted by Gasteiger charge is 2.29. The van der Waals surface area contributed by atoms with Gasteiger partial charge in [0.15, 0.2) is 5.65 Å². The number of pyridine rings is 1. The zero-order chi connectivity index (χ0) is 22.2. The quantitative estimate of drug-likeness (QED) is 0.452. The van der Waals surface area contributed by atoms with Crippen molar-refractivity contribution < 1.29 is 0 Å². The second-order valence-electron chi connectivity index (χ2n) is 8.46. The van der Waals surface area contributed by atoms with E-state index in [4.69, 9.17) is 0 Å². The first kappa shape index (κ1) is 19.7. The van der Waals surface area contributed by atoms with Gasteiger partial charge in [0.1, 0.15) is 5.82 Å². The summed E-state index contributed by atoms with van der Waals surface area (Å²) in [5, 5.41) is 0. The van der Waals surface area contributed by atoms with Crippen LogP contribution in [0.4, 0.5) is 0 Å². The summed E-state index contributed by atoms with van der Waals surface area (Å²) in [6.45, 7) is 2.47. The number of hydrogen-bond donors (Lipinski definition) is 1. The van der Waals surface area contributed by atoms with Crippen molar-refractivity contribution in [3.05, 3.63) is 102 Å². The Morgan fingerprint density at radius 1 is 0.909 bits per heavy atom. The van der Waals surface area contributed by atoms with Crippen molar-refractivity contribution in [1.29, 1.82) is 0 Å². The van der Waals surface area contributed by atoms with E-state index in [0.29, 0.717) is 0 Å². The number of H-pyrrole nitrogens is 1. The molecule has 2 aromatic carbocycles. The number of benzene rings is 2. The highest BCUT2D eigenvalue weighted by Crippen LogP contribution is 2.27. The molecule has 5 aromatic rings. The van der Waals surface area contributed by atoms with Crippen LogP contribution in [0.3, 0.4) is 0 Å². The first-order valence-corrected chi connectivity index (χ1v) is 11.2. The fraction of sp³-hybridized carbons (Fsp3) is 0.192. The van der Waals surface area contributed by atoms with Crippen LogP contribution in [0.1, 0.15) is 18.3 Å². The molecule has 0 saturated carbocycles. The average molecular weight is 437 g/mol. The molecule has 1 N–H and O–H groups in total. The Hall–Kier alpha value is -3.97. The third-order valence-corrected chi connectivity index (χ3v) is 6.41. The molecule has 1 aliphatic rings. The highest BCUT2D eigenvalue weighted by molar-refractivity contribution is 5.75. The number of hydrogen-bond acceptors (Lipinski definition) is 4. The summed E-state index contributed by atoms with van der Waals surface area (Å²) in [7, 11) is 0. The fourth-order valence-corrected chi connectivity index (χ4v) is 4.83. The van der Waals surface area contributed by atoms with E-state index in [-0.39, 0.29) is 11.7 Å². The molecule has 0 radical (unpaired) electrons. The lowest BCUT2D eigenvalue weighted by Gasteiger charge is -2.15. The van der Waals surface area contributed by atoms with Crippen LogP contribution in [-0.4, -0.2) is 42.1 Å². The lowest BCUT2D eigenvalue weighted by atomic mass is 10.1. The topological polar surface area (TPSA) is 71.7 Å². The number of imidazole rings is 2. The first-order chi connectivity index (χ1) is 16.3. The number of aromatic nitrogens is 5. The maximum atomic E-state index is 13.7. The van der Waals surface area contributed by atoms with Crippen LogP contribution in [0.15, 0.2) is 90.1 Å². The van der Waals surface area contributed by atoms with Crippen molar-refractivity contribution in [2.45, 2.75) is 19.0 Å². The molecule has 7 nitrogen and oxygen atoms in total.